The second kappa shape index (κ2) is 13.2. The minimum absolute atomic E-state index is 0.0457. The van der Waals surface area contributed by atoms with E-state index in [-0.39, 0.29) is 5.92 Å². The van der Waals surface area contributed by atoms with E-state index in [4.69, 9.17) is 9.15 Å². The fourth-order valence-electron chi connectivity index (χ4n) is 9.59. The molecular weight excluding hydrogens is 739 g/mol. The molecule has 8 aromatic carbocycles. The molecule has 2 atom stereocenters. The van der Waals surface area contributed by atoms with E-state index in [0.717, 1.165) is 56.1 Å². The summed E-state index contributed by atoms with van der Waals surface area (Å²) in [6.07, 6.45) is 2.22. The fourth-order valence-corrected chi connectivity index (χ4v) is 10.8. The predicted octanol–water partition coefficient (Wildman–Crippen LogP) is 15.4. The van der Waals surface area contributed by atoms with Crippen molar-refractivity contribution in [1.29, 1.82) is 0 Å². The molecule has 2 aliphatic rings. The van der Waals surface area contributed by atoms with Crippen LogP contribution in [0.25, 0.3) is 65.0 Å². The SMILES string of the molecule is CC12Oc3cc(-c4ccc(N(c5ccc(-c6ccccc6)cc5)c5cccc6c5sc5ccccc56)cc4)ccc3C1=Cc1oc3ccccc3c1C2c1ccccc1. The van der Waals surface area contributed by atoms with Crippen LogP contribution in [0.4, 0.5) is 17.1 Å². The number of rotatable bonds is 6. The van der Waals surface area contributed by atoms with Gasteiger partial charge in [0.2, 0.25) is 0 Å². The van der Waals surface area contributed by atoms with E-state index in [1.807, 2.05) is 17.4 Å². The summed E-state index contributed by atoms with van der Waals surface area (Å²) >= 11 is 1.86. The molecule has 10 aromatic rings. The molecule has 1 aliphatic carbocycles. The first-order valence-corrected chi connectivity index (χ1v) is 21.0. The molecule has 0 amide bonds. The monoisotopic (exact) mass is 775 g/mol. The molecule has 0 bridgehead atoms. The minimum Gasteiger partial charge on any atom is -0.481 e. The van der Waals surface area contributed by atoms with Gasteiger partial charge in [0.05, 0.1) is 16.3 Å². The lowest BCUT2D eigenvalue weighted by Crippen LogP contribution is -2.39. The highest BCUT2D eigenvalue weighted by Gasteiger charge is 2.52. The first kappa shape index (κ1) is 33.9. The lowest BCUT2D eigenvalue weighted by Gasteiger charge is -2.38. The molecule has 12 rings (SSSR count). The Morgan fingerprint density at radius 3 is 1.92 bits per heavy atom. The molecule has 0 saturated carbocycles. The van der Waals surface area contributed by atoms with Crippen LogP contribution < -0.4 is 9.64 Å². The van der Waals surface area contributed by atoms with Gasteiger partial charge in [-0.1, -0.05) is 146 Å². The van der Waals surface area contributed by atoms with Gasteiger partial charge in [0.15, 0.2) is 0 Å². The van der Waals surface area contributed by atoms with Crippen LogP contribution in [0.15, 0.2) is 199 Å². The smallest absolute Gasteiger partial charge is 0.143 e. The second-order valence-electron chi connectivity index (χ2n) is 15.7. The molecule has 280 valence electrons. The topological polar surface area (TPSA) is 25.6 Å². The molecule has 3 heterocycles. The summed E-state index contributed by atoms with van der Waals surface area (Å²) in [5.74, 6) is 1.76. The Kier molecular flexibility index (Phi) is 7.60. The van der Waals surface area contributed by atoms with Gasteiger partial charge in [0.25, 0.3) is 0 Å². The van der Waals surface area contributed by atoms with Gasteiger partial charge in [-0.2, -0.15) is 0 Å². The van der Waals surface area contributed by atoms with Crippen molar-refractivity contribution in [3.8, 4) is 28.0 Å². The Morgan fingerprint density at radius 2 is 1.15 bits per heavy atom. The summed E-state index contributed by atoms with van der Waals surface area (Å²) in [5, 5.41) is 3.71. The van der Waals surface area contributed by atoms with Crippen molar-refractivity contribution in [2.24, 2.45) is 0 Å². The molecule has 1 aliphatic heterocycles. The lowest BCUT2D eigenvalue weighted by atomic mass is 9.69. The van der Waals surface area contributed by atoms with Crippen LogP contribution >= 0.6 is 11.3 Å². The minimum atomic E-state index is -0.615. The second-order valence-corrected chi connectivity index (χ2v) is 16.8. The summed E-state index contributed by atoms with van der Waals surface area (Å²) in [6.45, 7) is 2.24. The van der Waals surface area contributed by atoms with Crippen molar-refractivity contribution in [1.82, 2.24) is 0 Å². The predicted molar refractivity (Wildman–Crippen MR) is 246 cm³/mol. The largest absolute Gasteiger partial charge is 0.481 e. The Balaban J connectivity index is 0.938. The molecule has 4 heteroatoms. The van der Waals surface area contributed by atoms with E-state index >= 15 is 0 Å². The molecule has 0 saturated heterocycles. The van der Waals surface area contributed by atoms with Crippen LogP contribution in [0.5, 0.6) is 5.75 Å². The zero-order chi connectivity index (χ0) is 39.1. The van der Waals surface area contributed by atoms with Gasteiger partial charge in [-0.15, -0.1) is 11.3 Å². The average Bonchev–Trinajstić information content (AvgIpc) is 3.95. The van der Waals surface area contributed by atoms with Crippen molar-refractivity contribution >= 4 is 71.2 Å². The van der Waals surface area contributed by atoms with E-state index in [1.165, 1.54) is 48.1 Å². The third kappa shape index (κ3) is 5.34. The number of anilines is 3. The van der Waals surface area contributed by atoms with Gasteiger partial charge >= 0.3 is 0 Å². The van der Waals surface area contributed by atoms with E-state index in [0.29, 0.717) is 0 Å². The van der Waals surface area contributed by atoms with Crippen LogP contribution in [-0.4, -0.2) is 5.60 Å². The van der Waals surface area contributed by atoms with Crippen LogP contribution in [0, 0.1) is 0 Å². The summed E-state index contributed by atoms with van der Waals surface area (Å²) in [6, 6.07) is 69.7. The Bertz CT molecular complexity index is 3250. The zero-order valence-corrected chi connectivity index (χ0v) is 33.1. The van der Waals surface area contributed by atoms with E-state index in [1.54, 1.807) is 0 Å². The first-order valence-electron chi connectivity index (χ1n) is 20.2. The maximum atomic E-state index is 7.17. The highest BCUT2D eigenvalue weighted by molar-refractivity contribution is 7.26. The van der Waals surface area contributed by atoms with Crippen molar-refractivity contribution < 1.29 is 9.15 Å². The van der Waals surface area contributed by atoms with Crippen LogP contribution in [0.3, 0.4) is 0 Å². The van der Waals surface area contributed by atoms with Gasteiger partial charge < -0.3 is 14.1 Å². The van der Waals surface area contributed by atoms with E-state index in [9.17, 15) is 0 Å². The summed E-state index contributed by atoms with van der Waals surface area (Å²) < 4.78 is 16.3. The molecule has 0 spiro atoms. The normalized spacial score (nSPS) is 16.7. The Morgan fingerprint density at radius 1 is 0.542 bits per heavy atom. The zero-order valence-electron chi connectivity index (χ0n) is 32.3. The van der Waals surface area contributed by atoms with Gasteiger partial charge in [0.1, 0.15) is 22.7 Å². The molecule has 2 aromatic heterocycles. The lowest BCUT2D eigenvalue weighted by molar-refractivity contribution is 0.147. The third-order valence-corrected chi connectivity index (χ3v) is 13.6. The standard InChI is InChI=1S/C55H37NO2S/c1-55-46(34-50-52(45-18-8-10-21-48(45)57-50)53(55)38-15-6-3-7-16-38)44-32-27-39(33-49(44)58-55)37-25-30-41(31-26-37)56(40-28-23-36(24-29-40)35-13-4-2-5-14-35)47-20-12-19-43-42-17-9-11-22-51(42)59-54(43)47/h2-34,53H,1H3. The van der Waals surface area contributed by atoms with E-state index < -0.39 is 5.60 Å². The molecule has 3 nitrogen and oxygen atoms in total. The number of benzene rings is 8. The van der Waals surface area contributed by atoms with Crippen molar-refractivity contribution in [3.05, 3.63) is 217 Å². The van der Waals surface area contributed by atoms with Crippen molar-refractivity contribution in [2.75, 3.05) is 4.90 Å². The van der Waals surface area contributed by atoms with Crippen LogP contribution in [-0.2, 0) is 0 Å². The quantitative estimate of drug-likeness (QED) is 0.168. The highest BCUT2D eigenvalue weighted by atomic mass is 32.1. The molecule has 2 unspecified atom stereocenters. The van der Waals surface area contributed by atoms with Crippen molar-refractivity contribution in [3.63, 3.8) is 0 Å². The molecular formula is C55H37NO2S. The number of fused-ring (bicyclic) bond motifs is 9. The average molecular weight is 776 g/mol. The van der Waals surface area contributed by atoms with Crippen LogP contribution in [0.2, 0.25) is 0 Å². The van der Waals surface area contributed by atoms with Gasteiger partial charge in [-0.05, 0) is 89.3 Å². The maximum absolute atomic E-state index is 7.17. The maximum Gasteiger partial charge on any atom is 0.143 e. The highest BCUT2D eigenvalue weighted by Crippen LogP contribution is 2.59. The number of ether oxygens (including phenoxy) is 1. The molecule has 0 N–H and O–H groups in total. The van der Waals surface area contributed by atoms with Gasteiger partial charge in [-0.3, -0.25) is 0 Å². The number of nitrogens with zero attached hydrogens (tertiary/aromatic N) is 1. The fraction of sp³-hybridized carbons (Fsp3) is 0.0545. The molecule has 59 heavy (non-hydrogen) atoms. The summed E-state index contributed by atoms with van der Waals surface area (Å²) in [5.41, 5.74) is 13.0. The Hall–Kier alpha value is -7.14. The number of thiophene rings is 1. The molecule has 0 radical (unpaired) electrons. The van der Waals surface area contributed by atoms with Gasteiger partial charge in [0, 0.05) is 48.9 Å². The summed E-state index contributed by atoms with van der Waals surface area (Å²) in [7, 11) is 0. The number of para-hydroxylation sites is 1. The number of furan rings is 1. The number of hydrogen-bond donors (Lipinski definition) is 0. The third-order valence-electron chi connectivity index (χ3n) is 12.4. The Labute approximate surface area is 346 Å². The first-order chi connectivity index (χ1) is 29.1. The van der Waals surface area contributed by atoms with Crippen LogP contribution in [0.1, 0.15) is 35.3 Å². The van der Waals surface area contributed by atoms with Crippen molar-refractivity contribution in [2.45, 2.75) is 18.4 Å². The molecule has 0 fully saturated rings. The summed E-state index contributed by atoms with van der Waals surface area (Å²) in [4.78, 5) is 2.40. The number of hydrogen-bond acceptors (Lipinski definition) is 4. The van der Waals surface area contributed by atoms with E-state index in [2.05, 4.69) is 206 Å². The van der Waals surface area contributed by atoms with Gasteiger partial charge in [-0.25, -0.2) is 0 Å².